The molecule has 2 aromatic heterocycles. The third-order valence-electron chi connectivity index (χ3n) is 4.03. The second-order valence-electron chi connectivity index (χ2n) is 5.40. The van der Waals surface area contributed by atoms with Gasteiger partial charge in [-0.15, -0.1) is 11.3 Å². The number of nitrogen functional groups attached to an aromatic ring is 1. The Bertz CT molecular complexity index is 683. The Hall–Kier alpha value is -1.66. The molecule has 1 fully saturated rings. The number of piperidine rings is 1. The van der Waals surface area contributed by atoms with E-state index in [0.717, 1.165) is 35.2 Å². The number of carbonyl (C=O) groups is 1. The number of aromatic nitrogens is 1. The van der Waals surface area contributed by atoms with Crippen LogP contribution in [0.5, 0.6) is 0 Å². The maximum absolute atomic E-state index is 12.7. The lowest BCUT2D eigenvalue weighted by atomic mass is 10.1. The second-order valence-corrected chi connectivity index (χ2v) is 6.40. The molecule has 21 heavy (non-hydrogen) atoms. The largest absolute Gasteiger partial charge is 0.397 e. The second kappa shape index (κ2) is 5.61. The standard InChI is InChI=1S/C15H19N3O2S/c1-9-5-6-17-14-11(9)12(16)13(21-14)15(19)18-7-3-4-10(8-18)20-2/h5-6,10H,3-4,7-8,16H2,1-2H3. The number of likely N-dealkylation sites (tertiary alicyclic amines) is 1. The number of hydrogen-bond donors (Lipinski definition) is 1. The number of fused-ring (bicyclic) bond motifs is 1. The number of thiophene rings is 1. The maximum atomic E-state index is 12.7. The van der Waals surface area contributed by atoms with Crippen LogP contribution in [-0.4, -0.2) is 42.1 Å². The minimum absolute atomic E-state index is 0.00310. The van der Waals surface area contributed by atoms with Gasteiger partial charge in [0.1, 0.15) is 9.71 Å². The quantitative estimate of drug-likeness (QED) is 0.925. The van der Waals surface area contributed by atoms with Gasteiger partial charge in [-0.05, 0) is 31.4 Å². The van der Waals surface area contributed by atoms with Crippen molar-refractivity contribution >= 4 is 33.1 Å². The number of pyridine rings is 1. The highest BCUT2D eigenvalue weighted by Gasteiger charge is 2.27. The van der Waals surface area contributed by atoms with Crippen molar-refractivity contribution in [1.82, 2.24) is 9.88 Å². The predicted octanol–water partition coefficient (Wildman–Crippen LogP) is 2.44. The van der Waals surface area contributed by atoms with Crippen LogP contribution < -0.4 is 5.73 Å². The summed E-state index contributed by atoms with van der Waals surface area (Å²) in [7, 11) is 1.69. The van der Waals surface area contributed by atoms with Crippen LogP contribution >= 0.6 is 11.3 Å². The Labute approximate surface area is 127 Å². The van der Waals surface area contributed by atoms with Gasteiger partial charge in [-0.3, -0.25) is 4.79 Å². The summed E-state index contributed by atoms with van der Waals surface area (Å²) in [6, 6.07) is 1.92. The number of amides is 1. The van der Waals surface area contributed by atoms with E-state index in [1.54, 1.807) is 13.3 Å². The molecule has 0 aliphatic carbocycles. The first-order valence-electron chi connectivity index (χ1n) is 7.07. The summed E-state index contributed by atoms with van der Waals surface area (Å²) in [5.41, 5.74) is 7.82. The summed E-state index contributed by atoms with van der Waals surface area (Å²) in [4.78, 5) is 20.3. The predicted molar refractivity (Wildman–Crippen MR) is 84.7 cm³/mol. The van der Waals surface area contributed by atoms with Gasteiger partial charge < -0.3 is 15.4 Å². The highest BCUT2D eigenvalue weighted by atomic mass is 32.1. The Morgan fingerprint density at radius 2 is 2.38 bits per heavy atom. The molecule has 3 rings (SSSR count). The van der Waals surface area contributed by atoms with Gasteiger partial charge in [0.05, 0.1) is 11.8 Å². The Morgan fingerprint density at radius 1 is 1.57 bits per heavy atom. The molecule has 1 unspecified atom stereocenters. The fraction of sp³-hybridized carbons (Fsp3) is 0.467. The molecule has 2 aromatic rings. The molecular formula is C15H19N3O2S. The number of rotatable bonds is 2. The van der Waals surface area contributed by atoms with Gasteiger partial charge in [-0.1, -0.05) is 0 Å². The number of aryl methyl sites for hydroxylation is 1. The topological polar surface area (TPSA) is 68.5 Å². The van der Waals surface area contributed by atoms with E-state index < -0.39 is 0 Å². The summed E-state index contributed by atoms with van der Waals surface area (Å²) >= 11 is 1.38. The third-order valence-corrected chi connectivity index (χ3v) is 5.13. The Kier molecular flexibility index (Phi) is 3.82. The van der Waals surface area contributed by atoms with Gasteiger partial charge in [0, 0.05) is 31.8 Å². The first-order chi connectivity index (χ1) is 10.1. The van der Waals surface area contributed by atoms with E-state index in [1.807, 2.05) is 17.9 Å². The lowest BCUT2D eigenvalue weighted by Gasteiger charge is -2.31. The Balaban J connectivity index is 1.95. The summed E-state index contributed by atoms with van der Waals surface area (Å²) in [6.45, 7) is 3.39. The molecule has 1 amide bonds. The molecule has 1 aliphatic rings. The van der Waals surface area contributed by atoms with Crippen LogP contribution in [0.15, 0.2) is 12.3 Å². The molecule has 6 heteroatoms. The van der Waals surface area contributed by atoms with Crippen molar-refractivity contribution in [3.05, 3.63) is 22.7 Å². The zero-order chi connectivity index (χ0) is 15.0. The molecule has 0 spiro atoms. The normalized spacial score (nSPS) is 19.1. The molecule has 1 atom stereocenters. The van der Waals surface area contributed by atoms with Crippen molar-refractivity contribution < 1.29 is 9.53 Å². The number of carbonyl (C=O) groups excluding carboxylic acids is 1. The number of methoxy groups -OCH3 is 1. The highest BCUT2D eigenvalue weighted by molar-refractivity contribution is 7.21. The van der Waals surface area contributed by atoms with Crippen molar-refractivity contribution in [2.75, 3.05) is 25.9 Å². The minimum Gasteiger partial charge on any atom is -0.397 e. The molecule has 112 valence electrons. The van der Waals surface area contributed by atoms with Crippen LogP contribution in [0.3, 0.4) is 0 Å². The van der Waals surface area contributed by atoms with Crippen LogP contribution in [0.4, 0.5) is 5.69 Å². The first-order valence-corrected chi connectivity index (χ1v) is 7.89. The van der Waals surface area contributed by atoms with Gasteiger partial charge in [-0.2, -0.15) is 0 Å². The monoisotopic (exact) mass is 305 g/mol. The van der Waals surface area contributed by atoms with E-state index in [9.17, 15) is 4.79 Å². The van der Waals surface area contributed by atoms with Crippen molar-refractivity contribution in [3.63, 3.8) is 0 Å². The number of nitrogens with two attached hydrogens (primary N) is 1. The van der Waals surface area contributed by atoms with Crippen molar-refractivity contribution in [2.45, 2.75) is 25.9 Å². The molecule has 0 radical (unpaired) electrons. The van der Waals surface area contributed by atoms with E-state index in [1.165, 1.54) is 11.3 Å². The van der Waals surface area contributed by atoms with Crippen LogP contribution in [-0.2, 0) is 4.74 Å². The molecule has 0 bridgehead atoms. The van der Waals surface area contributed by atoms with Gasteiger partial charge in [0.2, 0.25) is 0 Å². The van der Waals surface area contributed by atoms with Crippen LogP contribution in [0.1, 0.15) is 28.1 Å². The average molecular weight is 305 g/mol. The first kappa shape index (κ1) is 14.3. The smallest absolute Gasteiger partial charge is 0.266 e. The molecule has 3 heterocycles. The van der Waals surface area contributed by atoms with Gasteiger partial charge in [-0.25, -0.2) is 4.98 Å². The fourth-order valence-electron chi connectivity index (χ4n) is 2.82. The zero-order valence-electron chi connectivity index (χ0n) is 12.3. The molecule has 0 saturated carbocycles. The zero-order valence-corrected chi connectivity index (χ0v) is 13.1. The van der Waals surface area contributed by atoms with Crippen molar-refractivity contribution in [1.29, 1.82) is 0 Å². The summed E-state index contributed by atoms with van der Waals surface area (Å²) in [5, 5.41) is 0.908. The number of ether oxygens (including phenoxy) is 1. The fourth-order valence-corrected chi connectivity index (χ4v) is 3.93. The molecule has 1 aliphatic heterocycles. The maximum Gasteiger partial charge on any atom is 0.266 e. The van der Waals surface area contributed by atoms with Crippen LogP contribution in [0, 0.1) is 6.92 Å². The average Bonchev–Trinajstić information content (AvgIpc) is 2.85. The molecule has 5 nitrogen and oxygen atoms in total. The van der Waals surface area contributed by atoms with E-state index in [0.29, 0.717) is 17.1 Å². The van der Waals surface area contributed by atoms with E-state index in [-0.39, 0.29) is 12.0 Å². The summed E-state index contributed by atoms with van der Waals surface area (Å²) < 4.78 is 5.38. The van der Waals surface area contributed by atoms with E-state index in [2.05, 4.69) is 4.98 Å². The van der Waals surface area contributed by atoms with Gasteiger partial charge in [0.25, 0.3) is 5.91 Å². The van der Waals surface area contributed by atoms with Crippen molar-refractivity contribution in [3.8, 4) is 0 Å². The minimum atomic E-state index is -0.00310. The van der Waals surface area contributed by atoms with Crippen molar-refractivity contribution in [2.24, 2.45) is 0 Å². The highest BCUT2D eigenvalue weighted by Crippen LogP contribution is 2.35. The lowest BCUT2D eigenvalue weighted by Crippen LogP contribution is -2.42. The Morgan fingerprint density at radius 3 is 3.10 bits per heavy atom. The van der Waals surface area contributed by atoms with E-state index >= 15 is 0 Å². The molecule has 0 aromatic carbocycles. The molecular weight excluding hydrogens is 286 g/mol. The van der Waals surface area contributed by atoms with Gasteiger partial charge >= 0.3 is 0 Å². The number of nitrogens with zero attached hydrogens (tertiary/aromatic N) is 2. The number of hydrogen-bond acceptors (Lipinski definition) is 5. The molecule has 1 saturated heterocycles. The third kappa shape index (κ3) is 2.49. The van der Waals surface area contributed by atoms with Crippen LogP contribution in [0.25, 0.3) is 10.2 Å². The molecule has 2 N–H and O–H groups in total. The SMILES string of the molecule is COC1CCCN(C(=O)c2sc3nccc(C)c3c2N)C1. The summed E-state index contributed by atoms with van der Waals surface area (Å²) in [6.07, 6.45) is 3.84. The number of anilines is 1. The summed E-state index contributed by atoms with van der Waals surface area (Å²) in [5.74, 6) is -0.00310. The lowest BCUT2D eigenvalue weighted by molar-refractivity contribution is 0.0272. The van der Waals surface area contributed by atoms with E-state index in [4.69, 9.17) is 10.5 Å². The van der Waals surface area contributed by atoms with Crippen LogP contribution in [0.2, 0.25) is 0 Å². The van der Waals surface area contributed by atoms with Gasteiger partial charge in [0.15, 0.2) is 0 Å².